The SMILES string of the molecule is N[C@@H](C(=O)O)[C@@H]1[C@@H](C(=O)O)C1(F)F. The van der Waals surface area contributed by atoms with Crippen molar-refractivity contribution >= 4 is 11.9 Å². The molecule has 0 spiro atoms. The number of carboxylic acid groups (broad SMARTS) is 2. The monoisotopic (exact) mass is 195 g/mol. The summed E-state index contributed by atoms with van der Waals surface area (Å²) in [5.41, 5.74) is 4.88. The van der Waals surface area contributed by atoms with Crippen molar-refractivity contribution in [3.05, 3.63) is 0 Å². The van der Waals surface area contributed by atoms with Crippen LogP contribution in [0.15, 0.2) is 0 Å². The van der Waals surface area contributed by atoms with E-state index in [-0.39, 0.29) is 0 Å². The first-order valence-corrected chi connectivity index (χ1v) is 3.39. The van der Waals surface area contributed by atoms with Crippen molar-refractivity contribution in [2.45, 2.75) is 12.0 Å². The lowest BCUT2D eigenvalue weighted by Crippen LogP contribution is -2.34. The van der Waals surface area contributed by atoms with E-state index in [0.29, 0.717) is 0 Å². The van der Waals surface area contributed by atoms with Gasteiger partial charge in [-0.15, -0.1) is 0 Å². The van der Waals surface area contributed by atoms with Gasteiger partial charge in [0.1, 0.15) is 12.0 Å². The molecule has 1 aliphatic rings. The molecule has 13 heavy (non-hydrogen) atoms. The number of rotatable bonds is 3. The van der Waals surface area contributed by atoms with Gasteiger partial charge in [0.2, 0.25) is 0 Å². The first kappa shape index (κ1) is 9.85. The van der Waals surface area contributed by atoms with E-state index in [1.54, 1.807) is 0 Å². The number of hydrogen-bond acceptors (Lipinski definition) is 3. The van der Waals surface area contributed by atoms with E-state index in [1.165, 1.54) is 0 Å². The van der Waals surface area contributed by atoms with Crippen LogP contribution in [0.1, 0.15) is 0 Å². The third-order valence-electron chi connectivity index (χ3n) is 2.05. The third-order valence-corrected chi connectivity index (χ3v) is 2.05. The van der Waals surface area contributed by atoms with Gasteiger partial charge in [-0.2, -0.15) is 0 Å². The maximum atomic E-state index is 12.6. The van der Waals surface area contributed by atoms with Crippen LogP contribution in [0.25, 0.3) is 0 Å². The predicted octanol–water partition coefficient (Wildman–Crippen LogP) is -0.636. The minimum absolute atomic E-state index is 1.62. The Hall–Kier alpha value is -1.24. The molecule has 74 valence electrons. The highest BCUT2D eigenvalue weighted by molar-refractivity contribution is 5.81. The molecule has 0 saturated heterocycles. The van der Waals surface area contributed by atoms with E-state index in [4.69, 9.17) is 15.9 Å². The zero-order valence-corrected chi connectivity index (χ0v) is 6.28. The molecule has 1 aliphatic carbocycles. The van der Waals surface area contributed by atoms with Crippen LogP contribution in [0, 0.1) is 11.8 Å². The Morgan fingerprint density at radius 1 is 1.38 bits per heavy atom. The Bertz CT molecular complexity index is 267. The van der Waals surface area contributed by atoms with Gasteiger partial charge in [0.15, 0.2) is 0 Å². The molecule has 0 heterocycles. The fourth-order valence-corrected chi connectivity index (χ4v) is 1.27. The number of aliphatic carboxylic acids is 2. The molecule has 5 nitrogen and oxygen atoms in total. The molecule has 0 radical (unpaired) electrons. The average Bonchev–Trinajstić information content (AvgIpc) is 2.51. The summed E-state index contributed by atoms with van der Waals surface area (Å²) in [6.07, 6.45) is 0. The van der Waals surface area contributed by atoms with E-state index >= 15 is 0 Å². The number of carbonyl (C=O) groups is 2. The third kappa shape index (κ3) is 1.35. The molecule has 1 rings (SSSR count). The standard InChI is InChI=1S/C6H7F2NO4/c7-6(8)1(2(6)4(10)11)3(9)5(12)13/h1-3H,9H2,(H,10,11)(H,12,13)/t1-,2-,3+/m0/s1. The van der Waals surface area contributed by atoms with Gasteiger partial charge < -0.3 is 15.9 Å². The highest BCUT2D eigenvalue weighted by Crippen LogP contribution is 2.56. The van der Waals surface area contributed by atoms with Gasteiger partial charge in [0, 0.05) is 0 Å². The van der Waals surface area contributed by atoms with Gasteiger partial charge in [-0.3, -0.25) is 9.59 Å². The summed E-state index contributed by atoms with van der Waals surface area (Å²) in [7, 11) is 0. The summed E-state index contributed by atoms with van der Waals surface area (Å²) in [5, 5.41) is 16.5. The minimum atomic E-state index is -3.50. The van der Waals surface area contributed by atoms with E-state index in [1.807, 2.05) is 0 Å². The van der Waals surface area contributed by atoms with Crippen molar-refractivity contribution < 1.29 is 28.6 Å². The molecule has 1 fully saturated rings. The normalized spacial score (nSPS) is 32.2. The highest BCUT2D eigenvalue weighted by atomic mass is 19.3. The summed E-state index contributed by atoms with van der Waals surface area (Å²) in [6.45, 7) is 0. The molecule has 4 N–H and O–H groups in total. The van der Waals surface area contributed by atoms with Crippen LogP contribution in [-0.2, 0) is 9.59 Å². The van der Waals surface area contributed by atoms with Crippen LogP contribution in [0.5, 0.6) is 0 Å². The number of nitrogens with two attached hydrogens (primary N) is 1. The largest absolute Gasteiger partial charge is 0.481 e. The summed E-state index contributed by atoms with van der Waals surface area (Å²) < 4.78 is 25.2. The van der Waals surface area contributed by atoms with Crippen molar-refractivity contribution in [2.75, 3.05) is 0 Å². The Kier molecular flexibility index (Phi) is 1.99. The zero-order valence-electron chi connectivity index (χ0n) is 6.28. The second-order valence-electron chi connectivity index (χ2n) is 2.88. The van der Waals surface area contributed by atoms with Crippen molar-refractivity contribution in [1.29, 1.82) is 0 Å². The average molecular weight is 195 g/mol. The first-order chi connectivity index (χ1) is 5.80. The van der Waals surface area contributed by atoms with Crippen molar-refractivity contribution in [1.82, 2.24) is 0 Å². The van der Waals surface area contributed by atoms with Crippen LogP contribution < -0.4 is 5.73 Å². The van der Waals surface area contributed by atoms with Gasteiger partial charge in [0.05, 0.1) is 5.92 Å². The zero-order chi connectivity index (χ0) is 10.4. The maximum Gasteiger partial charge on any atom is 0.321 e. The quantitative estimate of drug-likeness (QED) is 0.556. The van der Waals surface area contributed by atoms with Gasteiger partial charge in [-0.05, 0) is 0 Å². The minimum Gasteiger partial charge on any atom is -0.481 e. The Morgan fingerprint density at radius 2 is 1.85 bits per heavy atom. The fraction of sp³-hybridized carbons (Fsp3) is 0.667. The second-order valence-corrected chi connectivity index (χ2v) is 2.88. The molecule has 0 aromatic rings. The lowest BCUT2D eigenvalue weighted by molar-refractivity contribution is -0.141. The molecule has 1 saturated carbocycles. The molecular formula is C6H7F2NO4. The Morgan fingerprint density at radius 3 is 2.08 bits per heavy atom. The van der Waals surface area contributed by atoms with Crippen LogP contribution >= 0.6 is 0 Å². The maximum absolute atomic E-state index is 12.6. The van der Waals surface area contributed by atoms with Gasteiger partial charge in [-0.25, -0.2) is 8.78 Å². The predicted molar refractivity (Wildman–Crippen MR) is 35.2 cm³/mol. The van der Waals surface area contributed by atoms with Crippen LogP contribution in [0.4, 0.5) is 8.78 Å². The lowest BCUT2D eigenvalue weighted by Gasteiger charge is -2.02. The van der Waals surface area contributed by atoms with E-state index in [2.05, 4.69) is 0 Å². The first-order valence-electron chi connectivity index (χ1n) is 3.39. The fourth-order valence-electron chi connectivity index (χ4n) is 1.27. The molecule has 0 aromatic heterocycles. The Balaban J connectivity index is 2.76. The topological polar surface area (TPSA) is 101 Å². The lowest BCUT2D eigenvalue weighted by atomic mass is 10.1. The van der Waals surface area contributed by atoms with Gasteiger partial charge in [0.25, 0.3) is 5.92 Å². The molecule has 0 amide bonds. The highest BCUT2D eigenvalue weighted by Gasteiger charge is 2.75. The van der Waals surface area contributed by atoms with E-state index in [0.717, 1.165) is 0 Å². The molecule has 0 unspecified atom stereocenters. The molecular weight excluding hydrogens is 188 g/mol. The number of carboxylic acids is 2. The summed E-state index contributed by atoms with van der Waals surface area (Å²) in [6, 6.07) is -1.82. The number of hydrogen-bond donors (Lipinski definition) is 3. The summed E-state index contributed by atoms with van der Waals surface area (Å²) in [5.74, 6) is -10.6. The Labute approximate surface area is 71.1 Å². The molecule has 7 heteroatoms. The molecule has 0 aliphatic heterocycles. The van der Waals surface area contributed by atoms with Crippen molar-refractivity contribution in [3.8, 4) is 0 Å². The number of alkyl halides is 2. The van der Waals surface area contributed by atoms with E-state index < -0.39 is 35.7 Å². The number of halogens is 2. The second kappa shape index (κ2) is 2.63. The smallest absolute Gasteiger partial charge is 0.321 e. The van der Waals surface area contributed by atoms with Gasteiger partial charge in [-0.1, -0.05) is 0 Å². The van der Waals surface area contributed by atoms with Crippen LogP contribution in [0.3, 0.4) is 0 Å². The van der Waals surface area contributed by atoms with Crippen LogP contribution in [-0.4, -0.2) is 34.1 Å². The van der Waals surface area contributed by atoms with Gasteiger partial charge >= 0.3 is 11.9 Å². The van der Waals surface area contributed by atoms with Crippen LogP contribution in [0.2, 0.25) is 0 Å². The summed E-state index contributed by atoms with van der Waals surface area (Å²) >= 11 is 0. The van der Waals surface area contributed by atoms with Crippen molar-refractivity contribution in [2.24, 2.45) is 17.6 Å². The van der Waals surface area contributed by atoms with Crippen molar-refractivity contribution in [3.63, 3.8) is 0 Å². The van der Waals surface area contributed by atoms with E-state index in [9.17, 15) is 18.4 Å². The summed E-state index contributed by atoms with van der Waals surface area (Å²) in [4.78, 5) is 20.4. The molecule has 3 atom stereocenters. The molecule has 0 aromatic carbocycles. The molecule has 0 bridgehead atoms.